The molecule has 1 unspecified atom stereocenters. The molecule has 3 aliphatic rings. The minimum atomic E-state index is -2.88. The van der Waals surface area contributed by atoms with Crippen LogP contribution >= 0.6 is 0 Å². The van der Waals surface area contributed by atoms with Gasteiger partial charge in [0.15, 0.2) is 9.84 Å². The molecule has 1 aromatic heterocycles. The Hall–Kier alpha value is -1.37. The summed E-state index contributed by atoms with van der Waals surface area (Å²) in [6.07, 6.45) is 3.60. The summed E-state index contributed by atoms with van der Waals surface area (Å²) >= 11 is 0. The third kappa shape index (κ3) is 2.55. The molecule has 0 radical (unpaired) electrons. The van der Waals surface area contributed by atoms with Crippen LogP contribution in [-0.4, -0.2) is 30.8 Å². The van der Waals surface area contributed by atoms with Crippen molar-refractivity contribution in [3.05, 3.63) is 11.5 Å². The lowest BCUT2D eigenvalue weighted by atomic mass is 10.0. The summed E-state index contributed by atoms with van der Waals surface area (Å²) in [5.74, 6) is 1.84. The number of rotatable bonds is 3. The highest BCUT2D eigenvalue weighted by Gasteiger charge is 2.46. The molecular weight excluding hydrogens is 304 g/mol. The van der Waals surface area contributed by atoms with Gasteiger partial charge in [-0.3, -0.25) is 10.1 Å². The Bertz CT molecular complexity index is 700. The van der Waals surface area contributed by atoms with E-state index in [2.05, 4.69) is 10.3 Å². The number of fused-ring (bicyclic) bond motifs is 1. The fraction of sp³-hybridized carbons (Fsp3) is 0.733. The Balaban J connectivity index is 1.40. The number of carbonyl (C=O) groups excluding carboxylic acids is 1. The molecule has 3 fully saturated rings. The number of hydrogen-bond donors (Lipinski definition) is 1. The summed E-state index contributed by atoms with van der Waals surface area (Å²) in [4.78, 5) is 16.7. The first-order chi connectivity index (χ1) is 10.4. The number of aromatic nitrogens is 1. The molecule has 22 heavy (non-hydrogen) atoms. The fourth-order valence-electron chi connectivity index (χ4n) is 3.96. The largest absolute Gasteiger partial charge is 0.428 e. The normalized spacial score (nSPS) is 32.9. The smallest absolute Gasteiger partial charge is 0.301 e. The van der Waals surface area contributed by atoms with Gasteiger partial charge in [0, 0.05) is 11.8 Å². The van der Waals surface area contributed by atoms with Crippen LogP contribution in [-0.2, 0) is 14.6 Å². The van der Waals surface area contributed by atoms with Gasteiger partial charge >= 0.3 is 6.01 Å². The molecule has 1 aliphatic heterocycles. The summed E-state index contributed by atoms with van der Waals surface area (Å²) in [5, 5.41) is 2.77. The first-order valence-electron chi connectivity index (χ1n) is 7.90. The van der Waals surface area contributed by atoms with Crippen LogP contribution < -0.4 is 5.32 Å². The third-order valence-corrected chi connectivity index (χ3v) is 7.05. The average Bonchev–Trinajstić information content (AvgIpc) is 3.00. The van der Waals surface area contributed by atoms with E-state index in [4.69, 9.17) is 4.42 Å². The molecule has 3 atom stereocenters. The maximum absolute atomic E-state index is 12.4. The Morgan fingerprint density at radius 1 is 1.23 bits per heavy atom. The maximum Gasteiger partial charge on any atom is 0.301 e. The van der Waals surface area contributed by atoms with Gasteiger partial charge < -0.3 is 4.42 Å². The van der Waals surface area contributed by atoms with E-state index >= 15 is 0 Å². The number of nitrogens with one attached hydrogen (secondary N) is 1. The monoisotopic (exact) mass is 324 g/mol. The zero-order valence-corrected chi connectivity index (χ0v) is 13.4. The van der Waals surface area contributed by atoms with Crippen LogP contribution in [0.5, 0.6) is 0 Å². The number of carbonyl (C=O) groups is 1. The summed E-state index contributed by atoms with van der Waals surface area (Å²) in [7, 11) is -2.88. The molecule has 120 valence electrons. The lowest BCUT2D eigenvalue weighted by Crippen LogP contribution is -2.22. The van der Waals surface area contributed by atoms with Gasteiger partial charge in [0.05, 0.1) is 17.2 Å². The van der Waals surface area contributed by atoms with Gasteiger partial charge in [0.25, 0.3) is 0 Å². The molecule has 1 N–H and O–H groups in total. The van der Waals surface area contributed by atoms with E-state index in [1.54, 1.807) is 0 Å². The van der Waals surface area contributed by atoms with Gasteiger partial charge in [0.1, 0.15) is 5.76 Å². The zero-order valence-electron chi connectivity index (χ0n) is 12.5. The van der Waals surface area contributed by atoms with E-state index in [0.29, 0.717) is 18.8 Å². The van der Waals surface area contributed by atoms with E-state index in [1.165, 1.54) is 0 Å². The Morgan fingerprint density at radius 2 is 1.86 bits per heavy atom. The SMILES string of the molecule is Cc1oc(NC(=O)C2C[C@@H]3CS(=O)(=O)C[C@@H]3C2)nc1C1CC1. The summed E-state index contributed by atoms with van der Waals surface area (Å²) in [6, 6.07) is 0.286. The molecule has 1 amide bonds. The van der Waals surface area contributed by atoms with Crippen LogP contribution in [0.3, 0.4) is 0 Å². The van der Waals surface area contributed by atoms with Gasteiger partial charge in [-0.2, -0.15) is 4.98 Å². The van der Waals surface area contributed by atoms with Crippen LogP contribution in [0.1, 0.15) is 43.1 Å². The first kappa shape index (κ1) is 14.2. The average molecular weight is 324 g/mol. The topological polar surface area (TPSA) is 89.3 Å². The van der Waals surface area contributed by atoms with Crippen molar-refractivity contribution < 1.29 is 17.6 Å². The van der Waals surface area contributed by atoms with Crippen LogP contribution in [0.25, 0.3) is 0 Å². The molecule has 0 bridgehead atoms. The second-order valence-electron chi connectivity index (χ2n) is 6.99. The Kier molecular flexibility index (Phi) is 3.11. The van der Waals surface area contributed by atoms with Crippen molar-refractivity contribution in [2.75, 3.05) is 16.8 Å². The van der Waals surface area contributed by atoms with Gasteiger partial charge in [-0.1, -0.05) is 0 Å². The molecule has 1 aromatic rings. The van der Waals surface area contributed by atoms with Crippen molar-refractivity contribution >= 4 is 21.8 Å². The van der Waals surface area contributed by atoms with Crippen LogP contribution in [0.15, 0.2) is 4.42 Å². The van der Waals surface area contributed by atoms with Crippen LogP contribution in [0.2, 0.25) is 0 Å². The molecule has 0 aromatic carbocycles. The van der Waals surface area contributed by atoms with Crippen molar-refractivity contribution in [3.8, 4) is 0 Å². The number of amides is 1. The number of sulfone groups is 1. The minimum absolute atomic E-state index is 0.0876. The van der Waals surface area contributed by atoms with Crippen molar-refractivity contribution in [3.63, 3.8) is 0 Å². The maximum atomic E-state index is 12.4. The lowest BCUT2D eigenvalue weighted by molar-refractivity contribution is -0.119. The van der Waals surface area contributed by atoms with Gasteiger partial charge in [-0.05, 0) is 44.4 Å². The van der Waals surface area contributed by atoms with Crippen molar-refractivity contribution in [2.24, 2.45) is 17.8 Å². The number of aryl methyl sites for hydroxylation is 1. The van der Waals surface area contributed by atoms with E-state index in [1.807, 2.05) is 6.92 Å². The molecule has 2 aliphatic carbocycles. The minimum Gasteiger partial charge on any atom is -0.428 e. The summed E-state index contributed by atoms with van der Waals surface area (Å²) in [5.41, 5.74) is 0.963. The molecule has 4 rings (SSSR count). The quantitative estimate of drug-likeness (QED) is 0.917. The lowest BCUT2D eigenvalue weighted by Gasteiger charge is -2.09. The molecule has 0 spiro atoms. The molecule has 2 saturated carbocycles. The van der Waals surface area contributed by atoms with E-state index in [9.17, 15) is 13.2 Å². The molecular formula is C15H20N2O4S. The highest BCUT2D eigenvalue weighted by atomic mass is 32.2. The van der Waals surface area contributed by atoms with E-state index < -0.39 is 9.84 Å². The third-order valence-electron chi connectivity index (χ3n) is 5.17. The van der Waals surface area contributed by atoms with Crippen molar-refractivity contribution in [1.82, 2.24) is 4.98 Å². The fourth-order valence-corrected chi connectivity index (χ4v) is 6.22. The van der Waals surface area contributed by atoms with Crippen molar-refractivity contribution in [1.29, 1.82) is 0 Å². The number of oxazole rings is 1. The van der Waals surface area contributed by atoms with Gasteiger partial charge in [-0.25, -0.2) is 8.42 Å². The number of nitrogens with zero attached hydrogens (tertiary/aromatic N) is 1. The van der Waals surface area contributed by atoms with Crippen LogP contribution in [0.4, 0.5) is 6.01 Å². The second-order valence-corrected chi connectivity index (χ2v) is 9.14. The number of hydrogen-bond acceptors (Lipinski definition) is 5. The molecule has 2 heterocycles. The van der Waals surface area contributed by atoms with Crippen molar-refractivity contribution in [2.45, 2.75) is 38.5 Å². The number of anilines is 1. The second kappa shape index (κ2) is 4.81. The van der Waals surface area contributed by atoms with Gasteiger partial charge in [-0.15, -0.1) is 0 Å². The molecule has 6 nitrogen and oxygen atoms in total. The highest BCUT2D eigenvalue weighted by Crippen LogP contribution is 2.44. The predicted octanol–water partition coefficient (Wildman–Crippen LogP) is 1.87. The standard InChI is InChI=1S/C15H20N2O4S/c1-8-13(9-2-3-9)16-15(21-8)17-14(18)10-4-11-6-22(19,20)7-12(11)5-10/h9-12H,2-7H2,1H3,(H,16,17,18)/t10?,11-,12+. The summed E-state index contributed by atoms with van der Waals surface area (Å²) < 4.78 is 28.7. The first-order valence-corrected chi connectivity index (χ1v) is 9.72. The Labute approximate surface area is 129 Å². The Morgan fingerprint density at radius 3 is 2.45 bits per heavy atom. The van der Waals surface area contributed by atoms with E-state index in [-0.39, 0.29) is 41.2 Å². The summed E-state index contributed by atoms with van der Waals surface area (Å²) in [6.45, 7) is 1.88. The highest BCUT2D eigenvalue weighted by molar-refractivity contribution is 7.91. The zero-order chi connectivity index (χ0) is 15.5. The molecule has 1 saturated heterocycles. The van der Waals surface area contributed by atoms with Crippen LogP contribution in [0, 0.1) is 24.7 Å². The van der Waals surface area contributed by atoms with E-state index in [0.717, 1.165) is 24.3 Å². The molecule has 7 heteroatoms. The van der Waals surface area contributed by atoms with Gasteiger partial charge in [0.2, 0.25) is 5.91 Å². The predicted molar refractivity (Wildman–Crippen MR) is 80.2 cm³/mol.